The van der Waals surface area contributed by atoms with E-state index in [9.17, 15) is 9.90 Å². The summed E-state index contributed by atoms with van der Waals surface area (Å²) in [5.74, 6) is 0.834. The van der Waals surface area contributed by atoms with Gasteiger partial charge < -0.3 is 25.2 Å². The van der Waals surface area contributed by atoms with Crippen LogP contribution in [0.1, 0.15) is 12.5 Å². The molecule has 7 heteroatoms. The van der Waals surface area contributed by atoms with Crippen LogP contribution in [0.3, 0.4) is 0 Å². The number of aryl methyl sites for hydroxylation is 1. The van der Waals surface area contributed by atoms with E-state index >= 15 is 0 Å². The minimum atomic E-state index is -0.747. The maximum Gasteiger partial charge on any atom is 0.265 e. The summed E-state index contributed by atoms with van der Waals surface area (Å²) in [5, 5.41) is 16.2. The van der Waals surface area contributed by atoms with Gasteiger partial charge in [0.2, 0.25) is 0 Å². The van der Waals surface area contributed by atoms with Crippen molar-refractivity contribution in [2.75, 3.05) is 17.4 Å². The van der Waals surface area contributed by atoms with Crippen molar-refractivity contribution in [2.24, 2.45) is 0 Å². The van der Waals surface area contributed by atoms with E-state index in [-0.39, 0.29) is 29.1 Å². The molecule has 3 N–H and O–H groups in total. The Kier molecular flexibility index (Phi) is 7.03. The Morgan fingerprint density at radius 3 is 2.43 bits per heavy atom. The number of halogens is 1. The second-order valence-corrected chi connectivity index (χ2v) is 7.10. The lowest BCUT2D eigenvalue weighted by Crippen LogP contribution is -2.30. The van der Waals surface area contributed by atoms with Crippen molar-refractivity contribution in [3.63, 3.8) is 0 Å². The third-order valence-electron chi connectivity index (χ3n) is 4.29. The Hall–Kier alpha value is -3.38. The average Bonchev–Trinajstić information content (AvgIpc) is 2.73. The first-order chi connectivity index (χ1) is 14.4. The highest BCUT2D eigenvalue weighted by Crippen LogP contribution is 2.34. The molecular formula is C23H23ClN2O4. The van der Waals surface area contributed by atoms with E-state index < -0.39 is 6.10 Å². The highest BCUT2D eigenvalue weighted by molar-refractivity contribution is 6.34. The normalized spacial score (nSPS) is 11.4. The van der Waals surface area contributed by atoms with Gasteiger partial charge in [-0.25, -0.2) is 0 Å². The molecule has 0 saturated heterocycles. The molecular weight excluding hydrogens is 404 g/mol. The van der Waals surface area contributed by atoms with Gasteiger partial charge in [-0.2, -0.15) is 0 Å². The summed E-state index contributed by atoms with van der Waals surface area (Å²) >= 11 is 6.28. The molecule has 0 aromatic heterocycles. The molecule has 6 nitrogen and oxygen atoms in total. The van der Waals surface area contributed by atoms with Crippen LogP contribution in [0, 0.1) is 6.92 Å². The number of hydrogen-bond donors (Lipinski definition) is 3. The Balaban J connectivity index is 1.58. The predicted octanol–water partition coefficient (Wildman–Crippen LogP) is 5.21. The average molecular weight is 427 g/mol. The molecule has 1 unspecified atom stereocenters. The van der Waals surface area contributed by atoms with Crippen LogP contribution in [0.5, 0.6) is 17.2 Å². The number of nitrogens with one attached hydrogen (secondary N) is 2. The first kappa shape index (κ1) is 21.3. The van der Waals surface area contributed by atoms with Crippen LogP contribution >= 0.6 is 11.6 Å². The monoisotopic (exact) mass is 426 g/mol. The molecule has 0 aliphatic carbocycles. The number of hydrogen-bond acceptors (Lipinski definition) is 5. The molecule has 3 aromatic rings. The standard InChI is InChI=1S/C23H23ClN2O4/c1-15-8-10-18(11-9-15)30-16(2)23(28)26-20-13-22(27)21(12-19(20)24)25-14-29-17-6-4-3-5-7-17/h3-13,16,25,27H,14H2,1-2H3,(H,26,28). The molecule has 156 valence electrons. The van der Waals surface area contributed by atoms with Gasteiger partial charge in [0.15, 0.2) is 12.8 Å². The van der Waals surface area contributed by atoms with Crippen molar-refractivity contribution in [2.45, 2.75) is 20.0 Å². The summed E-state index contributed by atoms with van der Waals surface area (Å²) in [4.78, 5) is 12.4. The van der Waals surface area contributed by atoms with E-state index in [1.807, 2.05) is 49.4 Å². The van der Waals surface area contributed by atoms with E-state index in [1.54, 1.807) is 19.1 Å². The summed E-state index contributed by atoms with van der Waals surface area (Å²) in [5.41, 5.74) is 1.77. The van der Waals surface area contributed by atoms with Crippen molar-refractivity contribution >= 4 is 28.9 Å². The van der Waals surface area contributed by atoms with E-state index in [2.05, 4.69) is 10.6 Å². The summed E-state index contributed by atoms with van der Waals surface area (Å²) in [6, 6.07) is 19.6. The minimum Gasteiger partial charge on any atom is -0.506 e. The van der Waals surface area contributed by atoms with Crippen LogP contribution in [-0.4, -0.2) is 23.8 Å². The van der Waals surface area contributed by atoms with Crippen LogP contribution < -0.4 is 20.1 Å². The molecule has 0 saturated carbocycles. The number of amides is 1. The van der Waals surface area contributed by atoms with Crippen molar-refractivity contribution < 1.29 is 19.4 Å². The Morgan fingerprint density at radius 1 is 1.03 bits per heavy atom. The number of ether oxygens (including phenoxy) is 2. The number of benzene rings is 3. The van der Waals surface area contributed by atoms with Gasteiger partial charge >= 0.3 is 0 Å². The highest BCUT2D eigenvalue weighted by Gasteiger charge is 2.17. The number of para-hydroxylation sites is 1. The summed E-state index contributed by atoms with van der Waals surface area (Å²) < 4.78 is 11.2. The zero-order valence-corrected chi connectivity index (χ0v) is 17.4. The smallest absolute Gasteiger partial charge is 0.265 e. The number of phenolic OH excluding ortho intramolecular Hbond substituents is 1. The molecule has 0 heterocycles. The minimum absolute atomic E-state index is 0.0709. The van der Waals surface area contributed by atoms with Crippen molar-refractivity contribution in [3.8, 4) is 17.2 Å². The number of anilines is 2. The van der Waals surface area contributed by atoms with Crippen LogP contribution in [0.25, 0.3) is 0 Å². The van der Waals surface area contributed by atoms with E-state index in [4.69, 9.17) is 21.1 Å². The van der Waals surface area contributed by atoms with Gasteiger partial charge in [-0.15, -0.1) is 0 Å². The fraction of sp³-hybridized carbons (Fsp3) is 0.174. The van der Waals surface area contributed by atoms with Gasteiger partial charge in [-0.1, -0.05) is 47.5 Å². The van der Waals surface area contributed by atoms with Crippen molar-refractivity contribution in [3.05, 3.63) is 77.3 Å². The molecule has 0 radical (unpaired) electrons. The molecule has 3 rings (SSSR count). The first-order valence-electron chi connectivity index (χ1n) is 9.41. The molecule has 30 heavy (non-hydrogen) atoms. The molecule has 3 aromatic carbocycles. The lowest BCUT2D eigenvalue weighted by molar-refractivity contribution is -0.122. The zero-order valence-electron chi connectivity index (χ0n) is 16.7. The molecule has 0 aliphatic heterocycles. The fourth-order valence-electron chi connectivity index (χ4n) is 2.62. The lowest BCUT2D eigenvalue weighted by Gasteiger charge is -2.17. The maximum atomic E-state index is 12.4. The second-order valence-electron chi connectivity index (χ2n) is 6.69. The van der Waals surface area contributed by atoms with Crippen LogP contribution in [-0.2, 0) is 4.79 Å². The van der Waals surface area contributed by atoms with E-state index in [0.29, 0.717) is 17.2 Å². The van der Waals surface area contributed by atoms with Gasteiger partial charge in [0, 0.05) is 6.07 Å². The highest BCUT2D eigenvalue weighted by atomic mass is 35.5. The van der Waals surface area contributed by atoms with E-state index in [1.165, 1.54) is 12.1 Å². The summed E-state index contributed by atoms with van der Waals surface area (Å²) in [7, 11) is 0. The van der Waals surface area contributed by atoms with Crippen LogP contribution in [0.15, 0.2) is 66.7 Å². The first-order valence-corrected chi connectivity index (χ1v) is 9.78. The quantitative estimate of drug-likeness (QED) is 0.340. The van der Waals surface area contributed by atoms with Gasteiger partial charge in [0.05, 0.1) is 16.4 Å². The molecule has 1 amide bonds. The number of rotatable bonds is 8. The third kappa shape index (κ3) is 5.81. The second kappa shape index (κ2) is 9.89. The van der Waals surface area contributed by atoms with Gasteiger partial charge in [-0.05, 0) is 44.2 Å². The Bertz CT molecular complexity index is 994. The summed E-state index contributed by atoms with van der Waals surface area (Å²) in [6.07, 6.45) is -0.747. The molecule has 1 atom stereocenters. The zero-order chi connectivity index (χ0) is 21.5. The number of aromatic hydroxyl groups is 1. The predicted molar refractivity (Wildman–Crippen MR) is 119 cm³/mol. The van der Waals surface area contributed by atoms with Crippen molar-refractivity contribution in [1.29, 1.82) is 0 Å². The molecule has 0 bridgehead atoms. The lowest BCUT2D eigenvalue weighted by atomic mass is 10.2. The number of carbonyl (C=O) groups is 1. The Labute approximate surface area is 180 Å². The molecule has 0 spiro atoms. The molecule has 0 aliphatic rings. The van der Waals surface area contributed by atoms with E-state index in [0.717, 1.165) is 5.56 Å². The SMILES string of the molecule is Cc1ccc(OC(C)C(=O)Nc2cc(O)c(NCOc3ccccc3)cc2Cl)cc1. The largest absolute Gasteiger partial charge is 0.506 e. The molecule has 0 fully saturated rings. The van der Waals surface area contributed by atoms with Gasteiger partial charge in [-0.3, -0.25) is 4.79 Å². The van der Waals surface area contributed by atoms with Crippen LogP contribution in [0.2, 0.25) is 5.02 Å². The number of carbonyl (C=O) groups excluding carboxylic acids is 1. The summed E-state index contributed by atoms with van der Waals surface area (Å²) in [6.45, 7) is 3.75. The maximum absolute atomic E-state index is 12.4. The Morgan fingerprint density at radius 2 is 1.73 bits per heavy atom. The number of phenols is 1. The third-order valence-corrected chi connectivity index (χ3v) is 4.60. The van der Waals surface area contributed by atoms with Gasteiger partial charge in [0.1, 0.15) is 17.2 Å². The van der Waals surface area contributed by atoms with Gasteiger partial charge in [0.25, 0.3) is 5.91 Å². The fourth-order valence-corrected chi connectivity index (χ4v) is 2.83. The topological polar surface area (TPSA) is 79.8 Å². The van der Waals surface area contributed by atoms with Crippen LogP contribution in [0.4, 0.5) is 11.4 Å². The van der Waals surface area contributed by atoms with Crippen molar-refractivity contribution in [1.82, 2.24) is 0 Å².